The first-order chi connectivity index (χ1) is 8.70. The second kappa shape index (κ2) is 4.77. The molecule has 1 aromatic carbocycles. The monoisotopic (exact) mass is 330 g/mol. The van der Waals surface area contributed by atoms with Gasteiger partial charge in [-0.15, -0.1) is 0 Å². The molecule has 0 bridgehead atoms. The van der Waals surface area contributed by atoms with Crippen LogP contribution in [-0.2, 0) is 6.18 Å². The van der Waals surface area contributed by atoms with E-state index in [0.29, 0.717) is 10.7 Å². The molecule has 9 heteroatoms. The Bertz CT molecular complexity index is 667. The van der Waals surface area contributed by atoms with Gasteiger partial charge in [-0.2, -0.15) is 13.2 Å². The molecule has 0 unspecified atom stereocenters. The maximum Gasteiger partial charge on any atom is 0.432 e. The number of nitrogens with one attached hydrogen (secondary N) is 1. The van der Waals surface area contributed by atoms with Crippen molar-refractivity contribution in [3.8, 4) is 5.69 Å². The fraction of sp³-hybridized carbons (Fsp3) is 0.100. The van der Waals surface area contributed by atoms with Crippen molar-refractivity contribution in [3.05, 3.63) is 49.3 Å². The Morgan fingerprint density at radius 1 is 1.05 bits per heavy atom. The van der Waals surface area contributed by atoms with Crippen molar-refractivity contribution in [3.63, 3.8) is 0 Å². The predicted octanol–water partition coefficient (Wildman–Crippen LogP) is 4.14. The lowest BCUT2D eigenvalue weighted by atomic mass is 10.3. The summed E-state index contributed by atoms with van der Waals surface area (Å²) in [6, 6.07) is 2.96. The molecule has 102 valence electrons. The van der Waals surface area contributed by atoms with Crippen molar-refractivity contribution in [2.24, 2.45) is 0 Å². The van der Waals surface area contributed by atoms with E-state index in [0.717, 1.165) is 0 Å². The highest BCUT2D eigenvalue weighted by molar-refractivity contribution is 6.40. The van der Waals surface area contributed by atoms with Gasteiger partial charge in [0.2, 0.25) is 0 Å². The van der Waals surface area contributed by atoms with Crippen molar-refractivity contribution < 1.29 is 13.2 Å². The Hall–Kier alpha value is -1.11. The van der Waals surface area contributed by atoms with Crippen LogP contribution in [0.5, 0.6) is 0 Å². The zero-order valence-corrected chi connectivity index (χ0v) is 11.1. The molecular formula is C10H4Cl3F3N2O. The van der Waals surface area contributed by atoms with E-state index in [4.69, 9.17) is 34.8 Å². The van der Waals surface area contributed by atoms with Gasteiger partial charge in [-0.3, -0.25) is 9.89 Å². The molecule has 0 saturated heterocycles. The van der Waals surface area contributed by atoms with Gasteiger partial charge >= 0.3 is 6.18 Å². The van der Waals surface area contributed by atoms with Crippen LogP contribution in [0.3, 0.4) is 0 Å². The average molecular weight is 332 g/mol. The lowest BCUT2D eigenvalue weighted by Crippen LogP contribution is -2.14. The third kappa shape index (κ3) is 2.75. The number of hydrogen-bond donors (Lipinski definition) is 1. The summed E-state index contributed by atoms with van der Waals surface area (Å²) in [6.45, 7) is 0. The van der Waals surface area contributed by atoms with E-state index < -0.39 is 17.4 Å². The van der Waals surface area contributed by atoms with Crippen LogP contribution in [-0.4, -0.2) is 9.78 Å². The molecule has 19 heavy (non-hydrogen) atoms. The van der Waals surface area contributed by atoms with Gasteiger partial charge in [0.25, 0.3) is 5.56 Å². The Labute approximate surface area is 119 Å². The van der Waals surface area contributed by atoms with Gasteiger partial charge in [0, 0.05) is 11.1 Å². The van der Waals surface area contributed by atoms with Crippen molar-refractivity contribution in [2.75, 3.05) is 0 Å². The first-order valence-electron chi connectivity index (χ1n) is 4.74. The second-order valence-electron chi connectivity index (χ2n) is 3.56. The van der Waals surface area contributed by atoms with Crippen LogP contribution < -0.4 is 5.56 Å². The number of halogens is 6. The van der Waals surface area contributed by atoms with Crippen LogP contribution in [0.2, 0.25) is 15.1 Å². The van der Waals surface area contributed by atoms with E-state index in [1.54, 1.807) is 0 Å². The Balaban J connectivity index is 2.67. The van der Waals surface area contributed by atoms with Crippen LogP contribution >= 0.6 is 34.8 Å². The van der Waals surface area contributed by atoms with E-state index >= 15 is 0 Å². The minimum absolute atomic E-state index is 0.0461. The number of H-pyrrole nitrogens is 1. The first kappa shape index (κ1) is 14.3. The van der Waals surface area contributed by atoms with Crippen LogP contribution in [0.1, 0.15) is 5.69 Å². The standard InChI is InChI=1S/C10H4Cl3F3N2O/c11-4-1-5(12)9(6(13)2-4)18-8(19)3-7(17-18)10(14,15)16/h1-3,17H. The Morgan fingerprint density at radius 2 is 1.58 bits per heavy atom. The quantitative estimate of drug-likeness (QED) is 0.838. The minimum atomic E-state index is -4.67. The molecule has 0 aliphatic heterocycles. The molecule has 0 spiro atoms. The third-order valence-electron chi connectivity index (χ3n) is 2.23. The van der Waals surface area contributed by atoms with Gasteiger partial charge in [-0.25, -0.2) is 4.68 Å². The number of aromatic nitrogens is 2. The number of alkyl halides is 3. The van der Waals surface area contributed by atoms with E-state index in [9.17, 15) is 18.0 Å². The summed E-state index contributed by atoms with van der Waals surface area (Å²) in [5.74, 6) is 0. The third-order valence-corrected chi connectivity index (χ3v) is 3.03. The number of aromatic amines is 1. The Kier molecular flexibility index (Phi) is 3.59. The molecule has 0 atom stereocenters. The number of nitrogens with zero attached hydrogens (tertiary/aromatic N) is 1. The summed E-state index contributed by atoms with van der Waals surface area (Å²) in [4.78, 5) is 11.6. The highest BCUT2D eigenvalue weighted by atomic mass is 35.5. The van der Waals surface area contributed by atoms with E-state index in [1.165, 1.54) is 12.1 Å². The van der Waals surface area contributed by atoms with Crippen LogP contribution in [0.25, 0.3) is 5.69 Å². The SMILES string of the molecule is O=c1cc(C(F)(F)F)[nH]n1-c1c(Cl)cc(Cl)cc1Cl. The van der Waals surface area contributed by atoms with Crippen molar-refractivity contribution in [2.45, 2.75) is 6.18 Å². The predicted molar refractivity (Wildman–Crippen MR) is 66.4 cm³/mol. The highest BCUT2D eigenvalue weighted by Gasteiger charge is 2.34. The zero-order chi connectivity index (χ0) is 14.4. The van der Waals surface area contributed by atoms with Crippen LogP contribution in [0, 0.1) is 0 Å². The van der Waals surface area contributed by atoms with Gasteiger partial charge in [-0.1, -0.05) is 34.8 Å². The molecule has 0 fully saturated rings. The van der Waals surface area contributed by atoms with Crippen LogP contribution in [0.4, 0.5) is 13.2 Å². The smallest absolute Gasteiger partial charge is 0.286 e. The summed E-state index contributed by atoms with van der Waals surface area (Å²) in [7, 11) is 0. The summed E-state index contributed by atoms with van der Waals surface area (Å²) in [5, 5.41) is 2.02. The maximum atomic E-state index is 12.5. The first-order valence-corrected chi connectivity index (χ1v) is 5.87. The Morgan fingerprint density at radius 3 is 2.00 bits per heavy atom. The molecule has 0 aliphatic rings. The van der Waals surface area contributed by atoms with E-state index in [1.807, 2.05) is 5.10 Å². The fourth-order valence-electron chi connectivity index (χ4n) is 1.46. The molecule has 0 saturated carbocycles. The summed E-state index contributed by atoms with van der Waals surface area (Å²) >= 11 is 17.4. The lowest BCUT2D eigenvalue weighted by Gasteiger charge is -2.08. The molecule has 1 heterocycles. The van der Waals surface area contributed by atoms with Gasteiger partial charge in [0.1, 0.15) is 11.4 Å². The number of rotatable bonds is 1. The number of benzene rings is 1. The fourth-order valence-corrected chi connectivity index (χ4v) is 2.44. The summed E-state index contributed by atoms with van der Waals surface area (Å²) in [5.41, 5.74) is -2.22. The van der Waals surface area contributed by atoms with Gasteiger partial charge in [0.05, 0.1) is 10.0 Å². The van der Waals surface area contributed by atoms with Gasteiger partial charge in [-0.05, 0) is 12.1 Å². The zero-order valence-electron chi connectivity index (χ0n) is 8.86. The highest BCUT2D eigenvalue weighted by Crippen LogP contribution is 2.32. The average Bonchev–Trinajstić information content (AvgIpc) is 2.59. The van der Waals surface area contributed by atoms with E-state index in [2.05, 4.69) is 0 Å². The molecule has 1 N–H and O–H groups in total. The molecule has 0 amide bonds. The molecule has 2 rings (SSSR count). The summed E-state index contributed by atoms with van der Waals surface area (Å²) in [6.07, 6.45) is -4.67. The van der Waals surface area contributed by atoms with Gasteiger partial charge in [0.15, 0.2) is 0 Å². The minimum Gasteiger partial charge on any atom is -0.286 e. The maximum absolute atomic E-state index is 12.5. The topological polar surface area (TPSA) is 37.8 Å². The second-order valence-corrected chi connectivity index (χ2v) is 4.81. The number of hydrogen-bond acceptors (Lipinski definition) is 1. The van der Waals surface area contributed by atoms with Gasteiger partial charge < -0.3 is 0 Å². The molecule has 0 aliphatic carbocycles. The van der Waals surface area contributed by atoms with Crippen molar-refractivity contribution >= 4 is 34.8 Å². The normalized spacial score (nSPS) is 11.9. The van der Waals surface area contributed by atoms with Crippen LogP contribution in [0.15, 0.2) is 23.0 Å². The van der Waals surface area contributed by atoms with Crippen molar-refractivity contribution in [1.82, 2.24) is 9.78 Å². The molecular weight excluding hydrogens is 327 g/mol. The van der Waals surface area contributed by atoms with E-state index in [-0.39, 0.29) is 20.8 Å². The molecule has 2 aromatic rings. The van der Waals surface area contributed by atoms with Crippen molar-refractivity contribution in [1.29, 1.82) is 0 Å². The molecule has 3 nitrogen and oxygen atoms in total. The molecule has 1 aromatic heterocycles. The molecule has 0 radical (unpaired) electrons. The largest absolute Gasteiger partial charge is 0.432 e. The lowest BCUT2D eigenvalue weighted by molar-refractivity contribution is -0.141. The summed E-state index contributed by atoms with van der Waals surface area (Å²) < 4.78 is 38.1.